The minimum Gasteiger partial charge on any atom is -0.368 e. The maximum atomic E-state index is 5.12. The van der Waals surface area contributed by atoms with Crippen molar-refractivity contribution in [1.82, 2.24) is 5.16 Å². The van der Waals surface area contributed by atoms with E-state index in [1.165, 1.54) is 0 Å². The molecule has 0 atom stereocenters. The topological polar surface area (TPSA) is 52.0 Å². The summed E-state index contributed by atoms with van der Waals surface area (Å²) >= 11 is 3.05. The van der Waals surface area contributed by atoms with Gasteiger partial charge in [0.1, 0.15) is 0 Å². The van der Waals surface area contributed by atoms with E-state index in [4.69, 9.17) is 5.73 Å². The molecule has 1 rings (SSSR count). The molecule has 0 bridgehead atoms. The zero-order chi connectivity index (χ0) is 5.28. The van der Waals surface area contributed by atoms with Gasteiger partial charge in [-0.25, -0.2) is 0 Å². The molecular formula is C3H3BrN2O. The largest absolute Gasteiger partial charge is 0.368 e. The highest BCUT2D eigenvalue weighted by Gasteiger charge is 1.91. The van der Waals surface area contributed by atoms with Crippen LogP contribution in [0.25, 0.3) is 0 Å². The lowest BCUT2D eigenvalue weighted by molar-refractivity contribution is 0.432. The van der Waals surface area contributed by atoms with Crippen LogP contribution in [0.15, 0.2) is 15.2 Å². The van der Waals surface area contributed by atoms with E-state index in [1.54, 1.807) is 6.07 Å². The molecule has 3 nitrogen and oxygen atoms in total. The number of rotatable bonds is 0. The number of halogens is 1. The predicted octanol–water partition coefficient (Wildman–Crippen LogP) is 1.02. The quantitative estimate of drug-likeness (QED) is 0.620. The summed E-state index contributed by atoms with van der Waals surface area (Å²) < 4.78 is 5.07. The zero-order valence-corrected chi connectivity index (χ0v) is 4.97. The Morgan fingerprint density at radius 3 is 2.71 bits per heavy atom. The van der Waals surface area contributed by atoms with Gasteiger partial charge < -0.3 is 10.3 Å². The van der Waals surface area contributed by atoms with Crippen LogP contribution in [0.2, 0.25) is 0 Å². The smallest absolute Gasteiger partial charge is 0.223 e. The van der Waals surface area contributed by atoms with Gasteiger partial charge in [0.05, 0.1) is 0 Å². The minimum absolute atomic E-state index is 0.326. The van der Waals surface area contributed by atoms with E-state index < -0.39 is 0 Å². The van der Waals surface area contributed by atoms with Crippen LogP contribution in [0.1, 0.15) is 0 Å². The van der Waals surface area contributed by atoms with Crippen molar-refractivity contribution in [3.63, 3.8) is 0 Å². The van der Waals surface area contributed by atoms with Gasteiger partial charge in [-0.2, -0.15) is 0 Å². The number of hydrogen-bond donors (Lipinski definition) is 1. The van der Waals surface area contributed by atoms with Crippen LogP contribution in [0.4, 0.5) is 5.88 Å². The molecule has 0 spiro atoms. The van der Waals surface area contributed by atoms with Crippen LogP contribution in [0.3, 0.4) is 0 Å². The van der Waals surface area contributed by atoms with Crippen LogP contribution in [-0.4, -0.2) is 5.16 Å². The Labute approximate surface area is 48.6 Å². The first-order valence-electron chi connectivity index (χ1n) is 1.67. The molecule has 1 heterocycles. The molecule has 0 radical (unpaired) electrons. The average Bonchev–Trinajstić information content (AvgIpc) is 1.87. The first kappa shape index (κ1) is 4.64. The number of nitrogens with two attached hydrogens (primary N) is 1. The van der Waals surface area contributed by atoms with Crippen LogP contribution in [-0.2, 0) is 0 Å². The van der Waals surface area contributed by atoms with Crippen molar-refractivity contribution >= 4 is 21.8 Å². The third-order valence-corrected chi connectivity index (χ3v) is 0.873. The predicted molar refractivity (Wildman–Crippen MR) is 28.6 cm³/mol. The Hall–Kier alpha value is -0.510. The Kier molecular flexibility index (Phi) is 1.02. The van der Waals surface area contributed by atoms with E-state index >= 15 is 0 Å². The van der Waals surface area contributed by atoms with Crippen molar-refractivity contribution in [3.8, 4) is 0 Å². The van der Waals surface area contributed by atoms with E-state index in [2.05, 4.69) is 25.6 Å². The summed E-state index contributed by atoms with van der Waals surface area (Å²) in [5.41, 5.74) is 5.12. The van der Waals surface area contributed by atoms with Gasteiger partial charge in [-0.15, -0.1) is 0 Å². The van der Waals surface area contributed by atoms with Gasteiger partial charge in [-0.3, -0.25) is 0 Å². The van der Waals surface area contributed by atoms with Gasteiger partial charge >= 0.3 is 0 Å². The molecule has 2 N–H and O–H groups in total. The average molecular weight is 163 g/mol. The monoisotopic (exact) mass is 162 g/mol. The maximum Gasteiger partial charge on any atom is 0.223 e. The standard InChI is InChI=1S/C3H3BrN2O/c4-2-1-3(5)7-6-2/h1H,5H2. The highest BCUT2D eigenvalue weighted by atomic mass is 79.9. The summed E-state index contributed by atoms with van der Waals surface area (Å²) in [6.45, 7) is 0. The third-order valence-electron chi connectivity index (χ3n) is 0.500. The van der Waals surface area contributed by atoms with Crippen molar-refractivity contribution in [2.75, 3.05) is 5.73 Å². The van der Waals surface area contributed by atoms with E-state index in [-0.39, 0.29) is 0 Å². The van der Waals surface area contributed by atoms with E-state index in [0.29, 0.717) is 10.5 Å². The maximum absolute atomic E-state index is 5.12. The lowest BCUT2D eigenvalue weighted by Crippen LogP contribution is -1.75. The number of aromatic nitrogens is 1. The first-order valence-corrected chi connectivity index (χ1v) is 2.46. The van der Waals surface area contributed by atoms with Gasteiger partial charge in [0, 0.05) is 6.07 Å². The summed E-state index contributed by atoms with van der Waals surface area (Å²) in [5.74, 6) is 0.326. The van der Waals surface area contributed by atoms with Gasteiger partial charge in [0.25, 0.3) is 0 Å². The molecule has 0 saturated heterocycles. The van der Waals surface area contributed by atoms with Gasteiger partial charge in [-0.05, 0) is 15.9 Å². The number of nitrogens with zero attached hydrogens (tertiary/aromatic N) is 1. The summed E-state index contributed by atoms with van der Waals surface area (Å²) in [7, 11) is 0. The molecule has 4 heteroatoms. The van der Waals surface area contributed by atoms with E-state index in [0.717, 1.165) is 0 Å². The number of nitrogen functional groups attached to an aromatic ring is 1. The molecule has 7 heavy (non-hydrogen) atoms. The Balaban J connectivity index is 3.04. The summed E-state index contributed by atoms with van der Waals surface area (Å²) in [6.07, 6.45) is 0. The molecule has 38 valence electrons. The highest BCUT2D eigenvalue weighted by molar-refractivity contribution is 9.10. The Morgan fingerprint density at radius 1 is 1.86 bits per heavy atom. The fraction of sp³-hybridized carbons (Fsp3) is 0. The van der Waals surface area contributed by atoms with Crippen LogP contribution in [0, 0.1) is 0 Å². The number of hydrogen-bond acceptors (Lipinski definition) is 3. The van der Waals surface area contributed by atoms with Crippen LogP contribution in [0.5, 0.6) is 0 Å². The van der Waals surface area contributed by atoms with E-state index in [1.807, 2.05) is 0 Å². The molecule has 0 unspecified atom stereocenters. The zero-order valence-electron chi connectivity index (χ0n) is 3.39. The van der Waals surface area contributed by atoms with Crippen molar-refractivity contribution < 1.29 is 4.52 Å². The molecule has 0 aliphatic carbocycles. The lowest BCUT2D eigenvalue weighted by Gasteiger charge is -1.67. The fourth-order valence-corrected chi connectivity index (χ4v) is 0.564. The molecule has 0 aromatic carbocycles. The third kappa shape index (κ3) is 0.928. The Bertz CT molecular complexity index is 145. The van der Waals surface area contributed by atoms with Crippen LogP contribution >= 0.6 is 15.9 Å². The summed E-state index contributed by atoms with van der Waals surface area (Å²) in [6, 6.07) is 1.58. The Morgan fingerprint density at radius 2 is 2.57 bits per heavy atom. The van der Waals surface area contributed by atoms with Crippen molar-refractivity contribution in [3.05, 3.63) is 10.7 Å². The molecule has 1 aromatic rings. The number of anilines is 1. The second-order valence-corrected chi connectivity index (χ2v) is 1.86. The summed E-state index contributed by atoms with van der Waals surface area (Å²) in [4.78, 5) is 0. The second kappa shape index (κ2) is 1.54. The van der Waals surface area contributed by atoms with Gasteiger partial charge in [0.2, 0.25) is 5.88 Å². The molecule has 0 aliphatic rings. The van der Waals surface area contributed by atoms with Gasteiger partial charge in [-0.1, -0.05) is 5.16 Å². The molecule has 0 aliphatic heterocycles. The fourth-order valence-electron chi connectivity index (χ4n) is 0.266. The second-order valence-electron chi connectivity index (χ2n) is 1.05. The SMILES string of the molecule is Nc1cc(Br)no1. The lowest BCUT2D eigenvalue weighted by atomic mass is 10.7. The minimum atomic E-state index is 0.326. The first-order chi connectivity index (χ1) is 3.29. The molecule has 1 aromatic heterocycles. The van der Waals surface area contributed by atoms with Gasteiger partial charge in [0.15, 0.2) is 4.60 Å². The summed E-state index contributed by atoms with van der Waals surface area (Å²) in [5, 5.41) is 3.43. The molecule has 0 saturated carbocycles. The normalized spacial score (nSPS) is 9.29. The highest BCUT2D eigenvalue weighted by Crippen LogP contribution is 2.09. The van der Waals surface area contributed by atoms with Crippen molar-refractivity contribution in [2.24, 2.45) is 0 Å². The molecule has 0 fully saturated rings. The van der Waals surface area contributed by atoms with E-state index in [9.17, 15) is 0 Å². The molecule has 0 amide bonds. The van der Waals surface area contributed by atoms with Crippen LogP contribution < -0.4 is 5.73 Å². The molecular weight excluding hydrogens is 160 g/mol. The van der Waals surface area contributed by atoms with Crippen molar-refractivity contribution in [1.29, 1.82) is 0 Å². The van der Waals surface area contributed by atoms with Crippen molar-refractivity contribution in [2.45, 2.75) is 0 Å².